The highest BCUT2D eigenvalue weighted by atomic mass is 32.1. The fourth-order valence-electron chi connectivity index (χ4n) is 2.04. The molecule has 0 saturated heterocycles. The molecule has 21 heavy (non-hydrogen) atoms. The number of carbonyl (C=O) groups is 1. The van der Waals surface area contributed by atoms with E-state index in [1.807, 2.05) is 43.5 Å². The number of ether oxygens (including phenoxy) is 1. The summed E-state index contributed by atoms with van der Waals surface area (Å²) in [5.41, 5.74) is 1.65. The molecule has 1 aromatic carbocycles. The van der Waals surface area contributed by atoms with Gasteiger partial charge in [-0.3, -0.25) is 4.40 Å². The maximum atomic E-state index is 11.2. The molecule has 2 aromatic heterocycles. The minimum atomic E-state index is -1.10. The summed E-state index contributed by atoms with van der Waals surface area (Å²) in [6.45, 7) is 3.93. The van der Waals surface area contributed by atoms with E-state index >= 15 is 0 Å². The number of carboxylic acid groups (broad SMARTS) is 1. The van der Waals surface area contributed by atoms with Crippen LogP contribution in [-0.4, -0.2) is 31.8 Å². The van der Waals surface area contributed by atoms with Crippen LogP contribution >= 0.6 is 11.3 Å². The van der Waals surface area contributed by atoms with Crippen molar-refractivity contribution in [3.63, 3.8) is 0 Å². The van der Waals surface area contributed by atoms with Crippen molar-refractivity contribution in [3.05, 3.63) is 35.5 Å². The van der Waals surface area contributed by atoms with E-state index in [1.165, 1.54) is 11.3 Å². The van der Waals surface area contributed by atoms with E-state index in [-0.39, 0.29) is 11.9 Å². The Morgan fingerprint density at radius 3 is 2.62 bits per heavy atom. The monoisotopic (exact) mass is 303 g/mol. The number of aromatic carboxylic acids is 1. The molecular formula is C14H13N3O3S. The van der Waals surface area contributed by atoms with E-state index in [2.05, 4.69) is 10.2 Å². The van der Waals surface area contributed by atoms with Crippen LogP contribution in [0.2, 0.25) is 0 Å². The van der Waals surface area contributed by atoms with Crippen molar-refractivity contribution in [2.75, 3.05) is 0 Å². The number of fused-ring (bicyclic) bond motifs is 1. The lowest BCUT2D eigenvalue weighted by Crippen LogP contribution is -2.05. The Morgan fingerprint density at radius 1 is 1.29 bits per heavy atom. The minimum absolute atomic E-state index is 0.0799. The van der Waals surface area contributed by atoms with Gasteiger partial charge in [0.05, 0.1) is 11.8 Å². The second kappa shape index (κ2) is 5.17. The van der Waals surface area contributed by atoms with Gasteiger partial charge < -0.3 is 9.84 Å². The van der Waals surface area contributed by atoms with Crippen LogP contribution in [0.4, 0.5) is 0 Å². The largest absolute Gasteiger partial charge is 0.491 e. The number of aromatic nitrogens is 3. The van der Waals surface area contributed by atoms with Crippen molar-refractivity contribution in [2.45, 2.75) is 20.0 Å². The summed E-state index contributed by atoms with van der Waals surface area (Å²) in [5.74, 6) is -0.395. The van der Waals surface area contributed by atoms with Crippen molar-refractivity contribution in [1.29, 1.82) is 0 Å². The smallest absolute Gasteiger partial charge is 0.374 e. The maximum absolute atomic E-state index is 11.2. The molecule has 0 fully saturated rings. The molecule has 0 saturated carbocycles. The molecule has 0 amide bonds. The van der Waals surface area contributed by atoms with Gasteiger partial charge in [0, 0.05) is 5.38 Å². The van der Waals surface area contributed by atoms with Gasteiger partial charge in [-0.25, -0.2) is 4.79 Å². The number of thiazole rings is 1. The van der Waals surface area contributed by atoms with Gasteiger partial charge in [0.2, 0.25) is 10.8 Å². The molecule has 0 radical (unpaired) electrons. The molecule has 2 heterocycles. The van der Waals surface area contributed by atoms with Crippen molar-refractivity contribution in [3.8, 4) is 17.0 Å². The van der Waals surface area contributed by atoms with Crippen molar-refractivity contribution >= 4 is 22.3 Å². The number of nitrogens with zero attached hydrogens (tertiary/aromatic N) is 3. The molecule has 0 aliphatic rings. The van der Waals surface area contributed by atoms with Gasteiger partial charge in [0.25, 0.3) is 0 Å². The quantitative estimate of drug-likeness (QED) is 0.802. The molecule has 0 unspecified atom stereocenters. The van der Waals surface area contributed by atoms with E-state index in [4.69, 9.17) is 9.84 Å². The first kappa shape index (κ1) is 13.6. The predicted octanol–water partition coefficient (Wildman–Crippen LogP) is 2.94. The van der Waals surface area contributed by atoms with E-state index < -0.39 is 5.97 Å². The van der Waals surface area contributed by atoms with Crippen LogP contribution in [0, 0.1) is 0 Å². The summed E-state index contributed by atoms with van der Waals surface area (Å²) in [6, 6.07) is 7.52. The van der Waals surface area contributed by atoms with Crippen molar-refractivity contribution < 1.29 is 14.6 Å². The molecule has 1 N–H and O–H groups in total. The summed E-state index contributed by atoms with van der Waals surface area (Å²) < 4.78 is 7.14. The highest BCUT2D eigenvalue weighted by molar-refractivity contribution is 7.15. The average Bonchev–Trinajstić information content (AvgIpc) is 3.00. The molecule has 0 aliphatic heterocycles. The summed E-state index contributed by atoms with van der Waals surface area (Å²) >= 11 is 1.36. The number of hydrogen-bond acceptors (Lipinski definition) is 5. The zero-order valence-electron chi connectivity index (χ0n) is 11.5. The Morgan fingerprint density at radius 2 is 2.00 bits per heavy atom. The van der Waals surface area contributed by atoms with Crippen LogP contribution in [0.25, 0.3) is 16.2 Å². The second-order valence-corrected chi connectivity index (χ2v) is 5.60. The molecule has 7 heteroatoms. The fourth-order valence-corrected chi connectivity index (χ4v) is 2.87. The summed E-state index contributed by atoms with van der Waals surface area (Å²) in [5, 5.41) is 18.6. The molecule has 0 spiro atoms. The second-order valence-electron chi connectivity index (χ2n) is 4.76. The van der Waals surface area contributed by atoms with Crippen LogP contribution in [0.5, 0.6) is 5.75 Å². The topological polar surface area (TPSA) is 76.7 Å². The highest BCUT2D eigenvalue weighted by Crippen LogP contribution is 2.28. The molecule has 108 valence electrons. The fraction of sp³-hybridized carbons (Fsp3) is 0.214. The third-order valence-corrected chi connectivity index (χ3v) is 3.68. The lowest BCUT2D eigenvalue weighted by atomic mass is 10.1. The molecule has 3 aromatic rings. The predicted molar refractivity (Wildman–Crippen MR) is 79.0 cm³/mol. The van der Waals surface area contributed by atoms with Gasteiger partial charge in [0.15, 0.2) is 0 Å². The van der Waals surface area contributed by atoms with Gasteiger partial charge in [-0.15, -0.1) is 21.5 Å². The first-order chi connectivity index (χ1) is 10.1. The van der Waals surface area contributed by atoms with E-state index in [0.29, 0.717) is 4.96 Å². The maximum Gasteiger partial charge on any atom is 0.374 e. The first-order valence-corrected chi connectivity index (χ1v) is 7.27. The molecule has 3 rings (SSSR count). The van der Waals surface area contributed by atoms with Gasteiger partial charge >= 0.3 is 5.97 Å². The number of carboxylic acids is 1. The van der Waals surface area contributed by atoms with Gasteiger partial charge in [-0.05, 0) is 43.7 Å². The lowest BCUT2D eigenvalue weighted by Gasteiger charge is -2.10. The zero-order chi connectivity index (χ0) is 15.0. The number of rotatable bonds is 4. The zero-order valence-corrected chi connectivity index (χ0v) is 12.3. The Labute approximate surface area is 124 Å². The third kappa shape index (κ3) is 2.47. The summed E-state index contributed by atoms with van der Waals surface area (Å²) in [4.78, 5) is 11.8. The van der Waals surface area contributed by atoms with Crippen LogP contribution in [0.15, 0.2) is 29.6 Å². The van der Waals surface area contributed by atoms with Gasteiger partial charge in [-0.1, -0.05) is 0 Å². The Bertz CT molecular complexity index is 790. The third-order valence-electron chi connectivity index (χ3n) is 2.86. The Kier molecular flexibility index (Phi) is 3.34. The van der Waals surface area contributed by atoms with E-state index in [1.54, 1.807) is 4.40 Å². The SMILES string of the molecule is CC(C)Oc1ccc(-c2csc3nnc(C(=O)O)n23)cc1. The number of benzene rings is 1. The molecule has 6 nitrogen and oxygen atoms in total. The van der Waals surface area contributed by atoms with Crippen molar-refractivity contribution in [2.24, 2.45) is 0 Å². The van der Waals surface area contributed by atoms with Crippen LogP contribution in [-0.2, 0) is 0 Å². The van der Waals surface area contributed by atoms with Gasteiger partial charge in [0.1, 0.15) is 5.75 Å². The number of hydrogen-bond donors (Lipinski definition) is 1. The van der Waals surface area contributed by atoms with Crippen LogP contribution < -0.4 is 4.74 Å². The first-order valence-electron chi connectivity index (χ1n) is 6.39. The van der Waals surface area contributed by atoms with E-state index in [9.17, 15) is 4.79 Å². The minimum Gasteiger partial charge on any atom is -0.491 e. The standard InChI is InChI=1S/C14H13N3O3S/c1-8(2)20-10-5-3-9(4-6-10)11-7-21-14-16-15-12(13(18)19)17(11)14/h3-8H,1-2H3,(H,18,19). The average molecular weight is 303 g/mol. The summed E-state index contributed by atoms with van der Waals surface area (Å²) in [6.07, 6.45) is 0.111. The summed E-state index contributed by atoms with van der Waals surface area (Å²) in [7, 11) is 0. The van der Waals surface area contributed by atoms with E-state index in [0.717, 1.165) is 17.0 Å². The van der Waals surface area contributed by atoms with Crippen LogP contribution in [0.3, 0.4) is 0 Å². The molecule has 0 bridgehead atoms. The Hall–Kier alpha value is -2.41. The van der Waals surface area contributed by atoms with Gasteiger partial charge in [-0.2, -0.15) is 0 Å². The molecule has 0 atom stereocenters. The van der Waals surface area contributed by atoms with Crippen LogP contribution in [0.1, 0.15) is 24.5 Å². The molecular weight excluding hydrogens is 290 g/mol. The Balaban J connectivity index is 2.04. The van der Waals surface area contributed by atoms with Crippen molar-refractivity contribution in [1.82, 2.24) is 14.6 Å². The normalized spacial score (nSPS) is 11.2. The lowest BCUT2D eigenvalue weighted by molar-refractivity contribution is 0.0682. The molecule has 0 aliphatic carbocycles. The highest BCUT2D eigenvalue weighted by Gasteiger charge is 2.18.